The van der Waals surface area contributed by atoms with Crippen molar-refractivity contribution in [2.45, 2.75) is 18.9 Å². The molecular weight excluding hydrogens is 464 g/mol. The van der Waals surface area contributed by atoms with Gasteiger partial charge < -0.3 is 15.5 Å². The molecule has 37 heavy (non-hydrogen) atoms. The monoisotopic (exact) mass is 490 g/mol. The van der Waals surface area contributed by atoms with Crippen LogP contribution in [0, 0.1) is 0 Å². The molecule has 2 amide bonds. The van der Waals surface area contributed by atoms with Crippen molar-refractivity contribution in [3.05, 3.63) is 120 Å². The molecule has 0 spiro atoms. The fourth-order valence-electron chi connectivity index (χ4n) is 4.21. The minimum atomic E-state index is -0.256. The number of pyridine rings is 1. The van der Waals surface area contributed by atoms with Gasteiger partial charge in [0, 0.05) is 18.2 Å². The van der Waals surface area contributed by atoms with Gasteiger partial charge in [-0.2, -0.15) is 0 Å². The SMILES string of the molecule is O=C(Cc1ccccc1C(=O)NCC1CC(c2ccc(-c3ccccc3)cc2)=NO1)Nc1cccnc1. The standard InChI is InChI=1S/C30H26N4O3/c35-29(33-25-10-6-16-31-19-25)17-24-9-4-5-11-27(24)30(36)32-20-26-18-28(34-37-26)23-14-12-22(13-15-23)21-7-2-1-3-8-21/h1-16,19,26H,17-18,20H2,(H,32,36)(H,33,35). The molecule has 1 aliphatic rings. The van der Waals surface area contributed by atoms with Gasteiger partial charge in [-0.15, -0.1) is 0 Å². The highest BCUT2D eigenvalue weighted by Gasteiger charge is 2.23. The van der Waals surface area contributed by atoms with Gasteiger partial charge in [-0.3, -0.25) is 14.6 Å². The van der Waals surface area contributed by atoms with E-state index >= 15 is 0 Å². The average molecular weight is 491 g/mol. The molecule has 1 aliphatic heterocycles. The van der Waals surface area contributed by atoms with Crippen LogP contribution in [0.15, 0.2) is 109 Å². The molecule has 0 bridgehead atoms. The van der Waals surface area contributed by atoms with Crippen LogP contribution in [0.1, 0.15) is 27.9 Å². The maximum atomic E-state index is 12.9. The van der Waals surface area contributed by atoms with Crippen LogP contribution in [-0.2, 0) is 16.1 Å². The van der Waals surface area contributed by atoms with Gasteiger partial charge in [0.15, 0.2) is 0 Å². The van der Waals surface area contributed by atoms with Gasteiger partial charge >= 0.3 is 0 Å². The summed E-state index contributed by atoms with van der Waals surface area (Å²) in [4.78, 5) is 35.0. The Morgan fingerprint density at radius 3 is 2.35 bits per heavy atom. The second-order valence-corrected chi connectivity index (χ2v) is 8.75. The summed E-state index contributed by atoms with van der Waals surface area (Å²) >= 11 is 0. The van der Waals surface area contributed by atoms with E-state index in [1.54, 1.807) is 42.7 Å². The number of carbonyl (C=O) groups excluding carboxylic acids is 2. The Hall–Kier alpha value is -4.78. The number of benzene rings is 3. The van der Waals surface area contributed by atoms with E-state index in [4.69, 9.17) is 4.84 Å². The molecule has 1 aromatic heterocycles. The van der Waals surface area contributed by atoms with Crippen LogP contribution in [0.4, 0.5) is 5.69 Å². The summed E-state index contributed by atoms with van der Waals surface area (Å²) in [7, 11) is 0. The number of anilines is 1. The molecule has 5 rings (SSSR count). The second kappa shape index (κ2) is 11.3. The summed E-state index contributed by atoms with van der Waals surface area (Å²) in [6, 6.07) is 29.0. The van der Waals surface area contributed by atoms with Crippen LogP contribution >= 0.6 is 0 Å². The third-order valence-corrected chi connectivity index (χ3v) is 6.11. The third kappa shape index (κ3) is 6.08. The van der Waals surface area contributed by atoms with E-state index in [1.165, 1.54) is 0 Å². The molecule has 0 aliphatic carbocycles. The van der Waals surface area contributed by atoms with Crippen molar-refractivity contribution in [2.75, 3.05) is 11.9 Å². The molecule has 0 saturated carbocycles. The molecule has 2 heterocycles. The van der Waals surface area contributed by atoms with Crippen LogP contribution in [-0.4, -0.2) is 35.2 Å². The van der Waals surface area contributed by atoms with Gasteiger partial charge in [-0.25, -0.2) is 0 Å². The zero-order chi connectivity index (χ0) is 25.5. The predicted molar refractivity (Wildman–Crippen MR) is 143 cm³/mol. The molecule has 1 unspecified atom stereocenters. The summed E-state index contributed by atoms with van der Waals surface area (Å²) in [5.41, 5.74) is 5.86. The van der Waals surface area contributed by atoms with E-state index in [9.17, 15) is 9.59 Å². The lowest BCUT2D eigenvalue weighted by Gasteiger charge is -2.13. The van der Waals surface area contributed by atoms with Gasteiger partial charge in [0.25, 0.3) is 5.91 Å². The highest BCUT2D eigenvalue weighted by atomic mass is 16.6. The highest BCUT2D eigenvalue weighted by Crippen LogP contribution is 2.22. The van der Waals surface area contributed by atoms with Gasteiger partial charge in [0.05, 0.1) is 30.6 Å². The normalized spacial score (nSPS) is 14.4. The van der Waals surface area contributed by atoms with Crippen molar-refractivity contribution in [3.63, 3.8) is 0 Å². The van der Waals surface area contributed by atoms with Crippen LogP contribution in [0.5, 0.6) is 0 Å². The first-order valence-corrected chi connectivity index (χ1v) is 12.1. The molecule has 7 nitrogen and oxygen atoms in total. The Labute approximate surface area is 215 Å². The molecule has 0 saturated heterocycles. The Kier molecular flexibility index (Phi) is 7.31. The highest BCUT2D eigenvalue weighted by molar-refractivity contribution is 6.02. The van der Waals surface area contributed by atoms with Crippen LogP contribution in [0.2, 0.25) is 0 Å². The number of aromatic nitrogens is 1. The molecule has 7 heteroatoms. The minimum absolute atomic E-state index is 0.0741. The smallest absolute Gasteiger partial charge is 0.251 e. The predicted octanol–water partition coefficient (Wildman–Crippen LogP) is 4.85. The molecule has 184 valence electrons. The van der Waals surface area contributed by atoms with Crippen molar-refractivity contribution in [3.8, 4) is 11.1 Å². The summed E-state index contributed by atoms with van der Waals surface area (Å²) in [5, 5.41) is 9.97. The summed E-state index contributed by atoms with van der Waals surface area (Å²) in [5.74, 6) is -0.474. The van der Waals surface area contributed by atoms with E-state index in [-0.39, 0.29) is 24.3 Å². The maximum absolute atomic E-state index is 12.9. The number of amides is 2. The zero-order valence-electron chi connectivity index (χ0n) is 20.1. The third-order valence-electron chi connectivity index (χ3n) is 6.11. The van der Waals surface area contributed by atoms with Gasteiger partial charge in [-0.05, 0) is 40.5 Å². The van der Waals surface area contributed by atoms with E-state index in [1.807, 2.05) is 36.4 Å². The minimum Gasteiger partial charge on any atom is -0.390 e. The molecule has 1 atom stereocenters. The summed E-state index contributed by atoms with van der Waals surface area (Å²) in [6.45, 7) is 0.310. The number of oxime groups is 1. The zero-order valence-corrected chi connectivity index (χ0v) is 20.1. The first-order chi connectivity index (χ1) is 18.2. The van der Waals surface area contributed by atoms with Crippen molar-refractivity contribution >= 4 is 23.2 Å². The molecule has 4 aromatic rings. The fraction of sp³-hybridized carbons (Fsp3) is 0.133. The lowest BCUT2D eigenvalue weighted by atomic mass is 10.00. The largest absolute Gasteiger partial charge is 0.390 e. The number of nitrogens with zero attached hydrogens (tertiary/aromatic N) is 2. The van der Waals surface area contributed by atoms with Crippen LogP contribution < -0.4 is 10.6 Å². The van der Waals surface area contributed by atoms with E-state index in [0.717, 1.165) is 22.4 Å². The van der Waals surface area contributed by atoms with Crippen LogP contribution in [0.3, 0.4) is 0 Å². The van der Waals surface area contributed by atoms with E-state index in [0.29, 0.717) is 29.8 Å². The molecular formula is C30H26N4O3. The first kappa shape index (κ1) is 23.9. The van der Waals surface area contributed by atoms with Gasteiger partial charge in [0.2, 0.25) is 5.91 Å². The number of hydrogen-bond acceptors (Lipinski definition) is 5. The Bertz CT molecular complexity index is 1400. The summed E-state index contributed by atoms with van der Waals surface area (Å²) in [6.07, 6.45) is 3.63. The Balaban J connectivity index is 1.15. The van der Waals surface area contributed by atoms with Gasteiger partial charge in [-0.1, -0.05) is 78.0 Å². The number of carbonyl (C=O) groups is 2. The van der Waals surface area contributed by atoms with Crippen molar-refractivity contribution in [1.29, 1.82) is 0 Å². The maximum Gasteiger partial charge on any atom is 0.251 e. The molecule has 3 aromatic carbocycles. The number of rotatable bonds is 8. The first-order valence-electron chi connectivity index (χ1n) is 12.1. The van der Waals surface area contributed by atoms with Crippen molar-refractivity contribution < 1.29 is 14.4 Å². The topological polar surface area (TPSA) is 92.7 Å². The quantitative estimate of drug-likeness (QED) is 0.369. The molecule has 0 radical (unpaired) electrons. The lowest BCUT2D eigenvalue weighted by Crippen LogP contribution is -2.33. The van der Waals surface area contributed by atoms with E-state index in [2.05, 4.69) is 45.0 Å². The lowest BCUT2D eigenvalue weighted by molar-refractivity contribution is -0.115. The average Bonchev–Trinajstić information content (AvgIpc) is 3.42. The number of nitrogens with one attached hydrogen (secondary N) is 2. The van der Waals surface area contributed by atoms with Crippen molar-refractivity contribution in [2.24, 2.45) is 5.16 Å². The summed E-state index contributed by atoms with van der Waals surface area (Å²) < 4.78 is 0. The van der Waals surface area contributed by atoms with Crippen LogP contribution in [0.25, 0.3) is 11.1 Å². The van der Waals surface area contributed by atoms with Crippen molar-refractivity contribution in [1.82, 2.24) is 10.3 Å². The number of hydrogen-bond donors (Lipinski definition) is 2. The Morgan fingerprint density at radius 1 is 0.838 bits per heavy atom. The van der Waals surface area contributed by atoms with Gasteiger partial charge in [0.1, 0.15) is 6.10 Å². The molecule has 2 N–H and O–H groups in total. The fourth-order valence-corrected chi connectivity index (χ4v) is 4.21. The van der Waals surface area contributed by atoms with E-state index < -0.39 is 0 Å². The molecule has 0 fully saturated rings. The second-order valence-electron chi connectivity index (χ2n) is 8.75. The Morgan fingerprint density at radius 2 is 1.57 bits per heavy atom.